The first-order chi connectivity index (χ1) is 5.34. The third kappa shape index (κ3) is 2.17. The first-order valence-corrected chi connectivity index (χ1v) is 4.82. The van der Waals surface area contributed by atoms with Crippen molar-refractivity contribution in [2.45, 2.75) is 11.8 Å². The van der Waals surface area contributed by atoms with Gasteiger partial charge in [-0.25, -0.2) is 0 Å². The third-order valence-corrected chi connectivity index (χ3v) is 2.91. The second kappa shape index (κ2) is 3.60. The molecule has 0 spiro atoms. The molecule has 0 fully saturated rings. The molecule has 0 unspecified atom stereocenters. The molecular formula is C5H8ClFN2O3S. The molecule has 1 aromatic rings. The fourth-order valence-corrected chi connectivity index (χ4v) is 2.13. The van der Waals surface area contributed by atoms with Gasteiger partial charge in [-0.2, -0.15) is 13.5 Å². The van der Waals surface area contributed by atoms with E-state index in [-0.39, 0.29) is 20.4 Å². The van der Waals surface area contributed by atoms with Crippen molar-refractivity contribution in [2.75, 3.05) is 0 Å². The molecule has 0 aliphatic rings. The summed E-state index contributed by atoms with van der Waals surface area (Å²) < 4.78 is 31.3. The van der Waals surface area contributed by atoms with Gasteiger partial charge in [0, 0.05) is 7.05 Å². The molecule has 0 bridgehead atoms. The molecule has 13 heavy (non-hydrogen) atoms. The monoisotopic (exact) mass is 230 g/mol. The average Bonchev–Trinajstić information content (AvgIpc) is 2.05. The fraction of sp³-hybridized carbons (Fsp3) is 0.400. The number of rotatable bonds is 1. The summed E-state index contributed by atoms with van der Waals surface area (Å²) in [7, 11) is -2.77. The van der Waals surface area contributed by atoms with Crippen molar-refractivity contribution in [1.29, 1.82) is 0 Å². The van der Waals surface area contributed by atoms with Gasteiger partial charge < -0.3 is 0 Å². The standard InChI is InChI=1S/C5H7ClN2O3S.FH/c1-3-4(12(9,10)11)5(6)8(2)7-3;/h1-2H3,(H,9,10,11);1H. The van der Waals surface area contributed by atoms with E-state index < -0.39 is 10.1 Å². The lowest BCUT2D eigenvalue weighted by atomic mass is 10.5. The molecular weight excluding hydrogens is 223 g/mol. The van der Waals surface area contributed by atoms with E-state index in [1.54, 1.807) is 0 Å². The maximum Gasteiger partial charge on any atom is 0.299 e. The zero-order valence-electron chi connectivity index (χ0n) is 6.85. The van der Waals surface area contributed by atoms with Gasteiger partial charge in [0.05, 0.1) is 5.69 Å². The van der Waals surface area contributed by atoms with E-state index in [0.29, 0.717) is 0 Å². The normalized spacial score (nSPS) is 11.1. The molecule has 8 heteroatoms. The van der Waals surface area contributed by atoms with Crippen LogP contribution in [-0.4, -0.2) is 22.8 Å². The lowest BCUT2D eigenvalue weighted by Crippen LogP contribution is -1.99. The van der Waals surface area contributed by atoms with E-state index in [4.69, 9.17) is 16.2 Å². The van der Waals surface area contributed by atoms with Crippen LogP contribution in [0, 0.1) is 6.92 Å². The summed E-state index contributed by atoms with van der Waals surface area (Å²) in [5.74, 6) is 0. The highest BCUT2D eigenvalue weighted by Gasteiger charge is 2.22. The Bertz CT molecular complexity index is 414. The lowest BCUT2D eigenvalue weighted by Gasteiger charge is -1.93. The van der Waals surface area contributed by atoms with Gasteiger partial charge in [0.1, 0.15) is 5.15 Å². The molecule has 0 atom stereocenters. The molecule has 76 valence electrons. The molecule has 1 aromatic heterocycles. The van der Waals surface area contributed by atoms with Crippen molar-refractivity contribution in [1.82, 2.24) is 9.78 Å². The highest BCUT2D eigenvalue weighted by atomic mass is 35.5. The Hall–Kier alpha value is -0.660. The van der Waals surface area contributed by atoms with Gasteiger partial charge in [-0.05, 0) is 6.92 Å². The summed E-state index contributed by atoms with van der Waals surface area (Å²) in [5.41, 5.74) is 0.185. The van der Waals surface area contributed by atoms with Crippen LogP contribution in [0.15, 0.2) is 4.90 Å². The van der Waals surface area contributed by atoms with Crippen LogP contribution in [0.5, 0.6) is 0 Å². The van der Waals surface area contributed by atoms with Crippen LogP contribution in [0.2, 0.25) is 5.15 Å². The Labute approximate surface area is 79.4 Å². The van der Waals surface area contributed by atoms with Gasteiger partial charge in [-0.1, -0.05) is 11.6 Å². The number of hydrogen-bond acceptors (Lipinski definition) is 3. The van der Waals surface area contributed by atoms with Crippen LogP contribution in [-0.2, 0) is 17.2 Å². The van der Waals surface area contributed by atoms with Crippen molar-refractivity contribution < 1.29 is 17.7 Å². The Morgan fingerprint density at radius 3 is 2.15 bits per heavy atom. The van der Waals surface area contributed by atoms with Crippen LogP contribution < -0.4 is 0 Å². The third-order valence-electron chi connectivity index (χ3n) is 1.36. The molecule has 0 aliphatic heterocycles. The Morgan fingerprint density at radius 2 is 2.00 bits per heavy atom. The Kier molecular flexibility index (Phi) is 3.42. The van der Waals surface area contributed by atoms with Gasteiger partial charge >= 0.3 is 0 Å². The van der Waals surface area contributed by atoms with Crippen LogP contribution in [0.25, 0.3) is 0 Å². The summed E-state index contributed by atoms with van der Waals surface area (Å²) in [4.78, 5) is -0.327. The molecule has 5 nitrogen and oxygen atoms in total. The minimum absolute atomic E-state index is 0. The topological polar surface area (TPSA) is 72.2 Å². The van der Waals surface area contributed by atoms with Crippen molar-refractivity contribution in [3.8, 4) is 0 Å². The Morgan fingerprint density at radius 1 is 1.54 bits per heavy atom. The van der Waals surface area contributed by atoms with Crippen molar-refractivity contribution in [2.24, 2.45) is 7.05 Å². The highest BCUT2D eigenvalue weighted by Crippen LogP contribution is 2.23. The highest BCUT2D eigenvalue weighted by molar-refractivity contribution is 7.86. The predicted octanol–water partition coefficient (Wildman–Crippen LogP) is 0.781. The zero-order chi connectivity index (χ0) is 9.52. The smallest absolute Gasteiger partial charge is 0.282 e. The van der Waals surface area contributed by atoms with Crippen LogP contribution in [0.4, 0.5) is 4.70 Å². The number of hydrogen-bond donors (Lipinski definition) is 1. The minimum Gasteiger partial charge on any atom is -0.282 e. The number of aryl methyl sites for hydroxylation is 2. The van der Waals surface area contributed by atoms with E-state index in [2.05, 4.69) is 5.10 Å². The fourth-order valence-electron chi connectivity index (χ4n) is 0.904. The second-order valence-corrected chi connectivity index (χ2v) is 4.02. The molecule has 0 saturated heterocycles. The average molecular weight is 231 g/mol. The molecule has 1 rings (SSSR count). The van der Waals surface area contributed by atoms with E-state index in [0.717, 1.165) is 0 Å². The largest absolute Gasteiger partial charge is 0.299 e. The van der Waals surface area contributed by atoms with Crippen molar-refractivity contribution >= 4 is 21.7 Å². The summed E-state index contributed by atoms with van der Waals surface area (Å²) in [6.45, 7) is 1.45. The van der Waals surface area contributed by atoms with E-state index in [1.807, 2.05) is 0 Å². The quantitative estimate of drug-likeness (QED) is 0.724. The molecule has 0 amide bonds. The number of halogens is 2. The first kappa shape index (κ1) is 12.3. The summed E-state index contributed by atoms with van der Waals surface area (Å²) in [6.07, 6.45) is 0. The first-order valence-electron chi connectivity index (χ1n) is 3.00. The van der Waals surface area contributed by atoms with Crippen LogP contribution in [0.3, 0.4) is 0 Å². The van der Waals surface area contributed by atoms with Gasteiger partial charge in [-0.15, -0.1) is 0 Å². The molecule has 0 aromatic carbocycles. The van der Waals surface area contributed by atoms with Gasteiger partial charge in [0.15, 0.2) is 4.90 Å². The van der Waals surface area contributed by atoms with Crippen LogP contribution >= 0.6 is 11.6 Å². The van der Waals surface area contributed by atoms with E-state index >= 15 is 0 Å². The molecule has 0 saturated carbocycles. The molecule has 1 N–H and O–H groups in total. The summed E-state index contributed by atoms with van der Waals surface area (Å²) in [6, 6.07) is 0. The van der Waals surface area contributed by atoms with E-state index in [9.17, 15) is 8.42 Å². The van der Waals surface area contributed by atoms with Crippen molar-refractivity contribution in [3.05, 3.63) is 10.8 Å². The maximum absolute atomic E-state index is 10.7. The van der Waals surface area contributed by atoms with Gasteiger partial charge in [0.2, 0.25) is 0 Å². The lowest BCUT2D eigenvalue weighted by molar-refractivity contribution is 0.482. The van der Waals surface area contributed by atoms with Gasteiger partial charge in [0.25, 0.3) is 10.1 Å². The van der Waals surface area contributed by atoms with Gasteiger partial charge in [-0.3, -0.25) is 13.9 Å². The number of aromatic nitrogens is 2. The zero-order valence-corrected chi connectivity index (χ0v) is 8.43. The number of nitrogens with zero attached hydrogens (tertiary/aromatic N) is 2. The SMILES string of the molecule is Cc1nn(C)c(Cl)c1S(=O)(=O)O.F. The predicted molar refractivity (Wildman–Crippen MR) is 45.3 cm³/mol. The van der Waals surface area contributed by atoms with Crippen LogP contribution in [0.1, 0.15) is 5.69 Å². The minimum atomic E-state index is -4.26. The van der Waals surface area contributed by atoms with Crippen molar-refractivity contribution in [3.63, 3.8) is 0 Å². The molecule has 1 heterocycles. The molecule has 0 radical (unpaired) electrons. The maximum atomic E-state index is 10.7. The summed E-state index contributed by atoms with van der Waals surface area (Å²) >= 11 is 5.56. The van der Waals surface area contributed by atoms with E-state index in [1.165, 1.54) is 18.7 Å². The second-order valence-electron chi connectivity index (χ2n) is 2.30. The summed E-state index contributed by atoms with van der Waals surface area (Å²) in [5, 5.41) is 3.63. The molecule has 0 aliphatic carbocycles. The Balaban J connectivity index is 0.00000144.